The van der Waals surface area contributed by atoms with Crippen LogP contribution < -0.4 is 5.73 Å². The molecule has 2 nitrogen and oxygen atoms in total. The Morgan fingerprint density at radius 1 is 1.11 bits per heavy atom. The van der Waals surface area contributed by atoms with Gasteiger partial charge >= 0.3 is 0 Å². The van der Waals surface area contributed by atoms with Crippen molar-refractivity contribution in [2.75, 3.05) is 0 Å². The van der Waals surface area contributed by atoms with Crippen molar-refractivity contribution in [1.82, 2.24) is 0 Å². The van der Waals surface area contributed by atoms with E-state index in [9.17, 15) is 4.79 Å². The molecule has 18 heavy (non-hydrogen) atoms. The van der Waals surface area contributed by atoms with E-state index in [4.69, 9.17) is 5.73 Å². The van der Waals surface area contributed by atoms with E-state index in [0.29, 0.717) is 12.2 Å². The second-order valence-corrected chi connectivity index (χ2v) is 5.98. The molecule has 0 unspecified atom stereocenters. The van der Waals surface area contributed by atoms with E-state index in [-0.39, 0.29) is 6.04 Å². The second-order valence-electron chi connectivity index (χ2n) is 5.98. The quantitative estimate of drug-likeness (QED) is 0.625. The Kier molecular flexibility index (Phi) is 8.32. The van der Waals surface area contributed by atoms with Crippen molar-refractivity contribution in [3.8, 4) is 0 Å². The number of nitrogens with two attached hydrogens (primary N) is 1. The summed E-state index contributed by atoms with van der Waals surface area (Å²) in [4.78, 5) is 11.9. The van der Waals surface area contributed by atoms with Crippen LogP contribution in [-0.4, -0.2) is 11.8 Å². The first-order chi connectivity index (χ1) is 8.74. The standard InChI is InChI=1S/C16H31NO/c1-2-3-4-5-9-12-16(18)15(17)13-14-10-7-6-8-11-14/h14-15H,2-13,17H2,1H3/t15-/m1/s1. The molecule has 0 aromatic heterocycles. The van der Waals surface area contributed by atoms with Crippen molar-refractivity contribution in [1.29, 1.82) is 0 Å². The molecule has 1 aliphatic carbocycles. The van der Waals surface area contributed by atoms with Crippen LogP contribution in [0.3, 0.4) is 0 Å². The summed E-state index contributed by atoms with van der Waals surface area (Å²) < 4.78 is 0. The van der Waals surface area contributed by atoms with E-state index in [1.165, 1.54) is 57.8 Å². The Bertz CT molecular complexity index is 221. The van der Waals surface area contributed by atoms with Gasteiger partial charge in [-0.2, -0.15) is 0 Å². The zero-order valence-electron chi connectivity index (χ0n) is 12.1. The first kappa shape index (κ1) is 15.7. The van der Waals surface area contributed by atoms with Gasteiger partial charge in [-0.15, -0.1) is 0 Å². The predicted octanol–water partition coefficient (Wildman–Crippen LogP) is 4.21. The number of unbranched alkanes of at least 4 members (excludes halogenated alkanes) is 4. The minimum atomic E-state index is -0.181. The van der Waals surface area contributed by atoms with Crippen LogP contribution in [0.25, 0.3) is 0 Å². The molecule has 2 N–H and O–H groups in total. The van der Waals surface area contributed by atoms with E-state index in [1.54, 1.807) is 0 Å². The van der Waals surface area contributed by atoms with Crippen molar-refractivity contribution >= 4 is 5.78 Å². The molecule has 1 fully saturated rings. The average molecular weight is 253 g/mol. The highest BCUT2D eigenvalue weighted by Crippen LogP contribution is 2.27. The molecule has 0 aromatic carbocycles. The maximum atomic E-state index is 11.9. The molecule has 0 aliphatic heterocycles. The molecule has 0 bridgehead atoms. The number of Topliss-reactive ketones (excluding diaryl/α,β-unsaturated/α-hetero) is 1. The highest BCUT2D eigenvalue weighted by Gasteiger charge is 2.20. The normalized spacial score (nSPS) is 18.8. The van der Waals surface area contributed by atoms with E-state index in [0.717, 1.165) is 18.8 Å². The third kappa shape index (κ3) is 6.53. The van der Waals surface area contributed by atoms with Gasteiger partial charge in [0, 0.05) is 6.42 Å². The van der Waals surface area contributed by atoms with Crippen LogP contribution in [0.4, 0.5) is 0 Å². The fraction of sp³-hybridized carbons (Fsp3) is 0.938. The molecular formula is C16H31NO. The maximum absolute atomic E-state index is 11.9. The van der Waals surface area contributed by atoms with Gasteiger partial charge in [-0.25, -0.2) is 0 Å². The summed E-state index contributed by atoms with van der Waals surface area (Å²) >= 11 is 0. The maximum Gasteiger partial charge on any atom is 0.149 e. The highest BCUT2D eigenvalue weighted by atomic mass is 16.1. The lowest BCUT2D eigenvalue weighted by molar-refractivity contribution is -0.120. The Hall–Kier alpha value is -0.370. The van der Waals surface area contributed by atoms with Crippen molar-refractivity contribution in [3.05, 3.63) is 0 Å². The van der Waals surface area contributed by atoms with Crippen LogP contribution in [0, 0.1) is 5.92 Å². The molecule has 106 valence electrons. The molecule has 0 amide bonds. The summed E-state index contributed by atoms with van der Waals surface area (Å²) in [6.45, 7) is 2.21. The highest BCUT2D eigenvalue weighted by molar-refractivity contribution is 5.83. The number of hydrogen-bond donors (Lipinski definition) is 1. The number of rotatable bonds is 9. The number of carbonyl (C=O) groups excluding carboxylic acids is 1. The fourth-order valence-corrected chi connectivity index (χ4v) is 3.00. The first-order valence-electron chi connectivity index (χ1n) is 8.02. The summed E-state index contributed by atoms with van der Waals surface area (Å²) in [5.74, 6) is 1.02. The lowest BCUT2D eigenvalue weighted by Gasteiger charge is -2.23. The summed E-state index contributed by atoms with van der Waals surface area (Å²) in [7, 11) is 0. The van der Waals surface area contributed by atoms with Crippen LogP contribution in [-0.2, 0) is 4.79 Å². The molecule has 2 heteroatoms. The van der Waals surface area contributed by atoms with Gasteiger partial charge in [0.05, 0.1) is 6.04 Å². The zero-order chi connectivity index (χ0) is 13.2. The molecule has 1 saturated carbocycles. The minimum Gasteiger partial charge on any atom is -0.322 e. The van der Waals surface area contributed by atoms with Crippen molar-refractivity contribution in [3.63, 3.8) is 0 Å². The van der Waals surface area contributed by atoms with Crippen LogP contribution in [0.2, 0.25) is 0 Å². The van der Waals surface area contributed by atoms with Crippen LogP contribution in [0.1, 0.15) is 84.0 Å². The van der Waals surface area contributed by atoms with E-state index >= 15 is 0 Å². The van der Waals surface area contributed by atoms with Crippen LogP contribution in [0.15, 0.2) is 0 Å². The fourth-order valence-electron chi connectivity index (χ4n) is 3.00. The number of ketones is 1. The van der Waals surface area contributed by atoms with Crippen LogP contribution >= 0.6 is 0 Å². The third-order valence-corrected chi connectivity index (χ3v) is 4.25. The molecule has 0 aromatic rings. The predicted molar refractivity (Wildman–Crippen MR) is 77.6 cm³/mol. The number of carbonyl (C=O) groups is 1. The van der Waals surface area contributed by atoms with E-state index in [1.807, 2.05) is 0 Å². The molecule has 0 heterocycles. The topological polar surface area (TPSA) is 43.1 Å². The minimum absolute atomic E-state index is 0.181. The van der Waals surface area contributed by atoms with Gasteiger partial charge in [-0.3, -0.25) is 4.79 Å². The van der Waals surface area contributed by atoms with Gasteiger partial charge in [-0.1, -0.05) is 64.7 Å². The van der Waals surface area contributed by atoms with Gasteiger partial charge in [0.25, 0.3) is 0 Å². The summed E-state index contributed by atoms with van der Waals surface area (Å²) in [6, 6.07) is -0.181. The molecule has 1 atom stereocenters. The van der Waals surface area contributed by atoms with Crippen molar-refractivity contribution < 1.29 is 4.79 Å². The lowest BCUT2D eigenvalue weighted by Crippen LogP contribution is -2.33. The van der Waals surface area contributed by atoms with Gasteiger partial charge in [0.15, 0.2) is 0 Å². The second kappa shape index (κ2) is 9.55. The molecule has 1 rings (SSSR count). The largest absolute Gasteiger partial charge is 0.322 e. The van der Waals surface area contributed by atoms with Gasteiger partial charge in [0.1, 0.15) is 5.78 Å². The smallest absolute Gasteiger partial charge is 0.149 e. The average Bonchev–Trinajstić information content (AvgIpc) is 2.39. The summed E-state index contributed by atoms with van der Waals surface area (Å²) in [5.41, 5.74) is 6.04. The monoisotopic (exact) mass is 253 g/mol. The lowest BCUT2D eigenvalue weighted by atomic mass is 9.84. The summed E-state index contributed by atoms with van der Waals surface area (Å²) in [6.07, 6.45) is 14.3. The number of hydrogen-bond acceptors (Lipinski definition) is 2. The molecule has 0 radical (unpaired) electrons. The Morgan fingerprint density at radius 2 is 1.78 bits per heavy atom. The molecule has 0 spiro atoms. The Labute approximate surface area is 113 Å². The van der Waals surface area contributed by atoms with E-state index < -0.39 is 0 Å². The van der Waals surface area contributed by atoms with E-state index in [2.05, 4.69) is 6.92 Å². The molecule has 1 aliphatic rings. The summed E-state index contributed by atoms with van der Waals surface area (Å²) in [5, 5.41) is 0. The Morgan fingerprint density at radius 3 is 2.44 bits per heavy atom. The van der Waals surface area contributed by atoms with Gasteiger partial charge in [0.2, 0.25) is 0 Å². The van der Waals surface area contributed by atoms with Crippen molar-refractivity contribution in [2.24, 2.45) is 11.7 Å². The van der Waals surface area contributed by atoms with Crippen LogP contribution in [0.5, 0.6) is 0 Å². The molecule has 0 saturated heterocycles. The SMILES string of the molecule is CCCCCCCC(=O)[C@H](N)CC1CCCCC1. The third-order valence-electron chi connectivity index (χ3n) is 4.25. The first-order valence-corrected chi connectivity index (χ1v) is 8.02. The van der Waals surface area contributed by atoms with Gasteiger partial charge < -0.3 is 5.73 Å². The zero-order valence-corrected chi connectivity index (χ0v) is 12.1. The van der Waals surface area contributed by atoms with Gasteiger partial charge in [-0.05, 0) is 18.8 Å². The molecular weight excluding hydrogens is 222 g/mol. The Balaban J connectivity index is 2.08. The van der Waals surface area contributed by atoms with Crippen molar-refractivity contribution in [2.45, 2.75) is 90.0 Å².